The van der Waals surface area contributed by atoms with Gasteiger partial charge >= 0.3 is 6.18 Å². The molecule has 7 heteroatoms. The van der Waals surface area contributed by atoms with Crippen molar-refractivity contribution in [2.24, 2.45) is 5.92 Å². The van der Waals surface area contributed by atoms with Gasteiger partial charge in [-0.25, -0.2) is 0 Å². The van der Waals surface area contributed by atoms with Crippen molar-refractivity contribution < 1.29 is 18.0 Å². The van der Waals surface area contributed by atoms with Crippen LogP contribution in [-0.4, -0.2) is 31.2 Å². The Kier molecular flexibility index (Phi) is 6.85. The fourth-order valence-corrected chi connectivity index (χ4v) is 1.76. The first-order valence-corrected chi connectivity index (χ1v) is 5.45. The van der Waals surface area contributed by atoms with Crippen LogP contribution >= 0.6 is 12.4 Å². The second-order valence-electron chi connectivity index (χ2n) is 4.26. The minimum Gasteiger partial charge on any atom is -0.353 e. The molecule has 1 aliphatic rings. The molecule has 2 atom stereocenters. The molecule has 2 N–H and O–H groups in total. The lowest BCUT2D eigenvalue weighted by Crippen LogP contribution is -2.48. The molecule has 1 fully saturated rings. The maximum atomic E-state index is 11.9. The molecule has 0 aromatic rings. The third-order valence-electron chi connectivity index (χ3n) is 2.77. The Hall–Kier alpha value is -0.490. The van der Waals surface area contributed by atoms with Crippen LogP contribution in [0.1, 0.15) is 26.2 Å². The Morgan fingerprint density at radius 2 is 2.12 bits per heavy atom. The molecule has 1 amide bonds. The molecule has 3 nitrogen and oxygen atoms in total. The van der Waals surface area contributed by atoms with Gasteiger partial charge in [-0.05, 0) is 25.4 Å². The van der Waals surface area contributed by atoms with E-state index in [9.17, 15) is 18.0 Å². The third-order valence-corrected chi connectivity index (χ3v) is 2.77. The van der Waals surface area contributed by atoms with Gasteiger partial charge in [0.1, 0.15) is 0 Å². The Bertz CT molecular complexity index is 248. The Morgan fingerprint density at radius 1 is 1.47 bits per heavy atom. The number of nitrogens with one attached hydrogen (secondary N) is 2. The largest absolute Gasteiger partial charge is 0.389 e. The zero-order valence-electron chi connectivity index (χ0n) is 9.64. The lowest BCUT2D eigenvalue weighted by Gasteiger charge is -2.30. The molecule has 0 bridgehead atoms. The lowest BCUT2D eigenvalue weighted by atomic mass is 9.95. The third kappa shape index (κ3) is 6.73. The first-order valence-electron chi connectivity index (χ1n) is 5.45. The second kappa shape index (κ2) is 7.06. The summed E-state index contributed by atoms with van der Waals surface area (Å²) in [6.07, 6.45) is -4.99. The van der Waals surface area contributed by atoms with Crippen molar-refractivity contribution >= 4 is 18.3 Å². The smallest absolute Gasteiger partial charge is 0.353 e. The molecule has 1 aliphatic heterocycles. The number of carbonyl (C=O) groups excluding carboxylic acids is 1. The van der Waals surface area contributed by atoms with Gasteiger partial charge in [0.05, 0.1) is 6.42 Å². The monoisotopic (exact) mass is 274 g/mol. The molecule has 1 saturated heterocycles. The van der Waals surface area contributed by atoms with Crippen molar-refractivity contribution in [1.82, 2.24) is 10.6 Å². The summed E-state index contributed by atoms with van der Waals surface area (Å²) in [7, 11) is 0. The molecule has 17 heavy (non-hydrogen) atoms. The SMILES string of the molecule is C[C@H]1CNCC[C@H]1NC(=O)CCC(F)(F)F.Cl. The number of amides is 1. The summed E-state index contributed by atoms with van der Waals surface area (Å²) in [6, 6.07) is 0.00184. The molecule has 0 unspecified atom stereocenters. The molecule has 1 heterocycles. The zero-order chi connectivity index (χ0) is 12.2. The Labute approximate surface area is 105 Å². The van der Waals surface area contributed by atoms with Crippen molar-refractivity contribution in [3.8, 4) is 0 Å². The lowest BCUT2D eigenvalue weighted by molar-refractivity contribution is -0.144. The van der Waals surface area contributed by atoms with Crippen LogP contribution in [0, 0.1) is 5.92 Å². The highest BCUT2D eigenvalue weighted by Gasteiger charge is 2.29. The minimum absolute atomic E-state index is 0. The van der Waals surface area contributed by atoms with Crippen LogP contribution in [-0.2, 0) is 4.79 Å². The Morgan fingerprint density at radius 3 is 2.65 bits per heavy atom. The fourth-order valence-electron chi connectivity index (χ4n) is 1.76. The predicted molar refractivity (Wildman–Crippen MR) is 61.1 cm³/mol. The normalized spacial score (nSPS) is 24.9. The van der Waals surface area contributed by atoms with E-state index in [1.54, 1.807) is 0 Å². The van der Waals surface area contributed by atoms with Crippen molar-refractivity contribution in [2.75, 3.05) is 13.1 Å². The van der Waals surface area contributed by atoms with Gasteiger partial charge in [0, 0.05) is 12.5 Å². The van der Waals surface area contributed by atoms with Crippen LogP contribution in [0.15, 0.2) is 0 Å². The highest BCUT2D eigenvalue weighted by Crippen LogP contribution is 2.21. The van der Waals surface area contributed by atoms with Gasteiger partial charge in [-0.15, -0.1) is 12.4 Å². The standard InChI is InChI=1S/C10H17F3N2O.ClH/c1-7-6-14-5-3-8(7)15-9(16)2-4-10(11,12)13;/h7-8,14H,2-6H2,1H3,(H,15,16);1H/t7-,8+;/m0./s1. The second-order valence-corrected chi connectivity index (χ2v) is 4.26. The number of rotatable bonds is 3. The number of piperidine rings is 1. The molecule has 1 rings (SSSR count). The van der Waals surface area contributed by atoms with Gasteiger partial charge < -0.3 is 10.6 Å². The summed E-state index contributed by atoms with van der Waals surface area (Å²) in [4.78, 5) is 11.3. The van der Waals surface area contributed by atoms with Crippen molar-refractivity contribution in [2.45, 2.75) is 38.4 Å². The van der Waals surface area contributed by atoms with E-state index in [-0.39, 0.29) is 24.4 Å². The maximum absolute atomic E-state index is 11.9. The number of hydrogen-bond acceptors (Lipinski definition) is 2. The van der Waals surface area contributed by atoms with E-state index in [1.165, 1.54) is 0 Å². The van der Waals surface area contributed by atoms with E-state index < -0.39 is 24.9 Å². The summed E-state index contributed by atoms with van der Waals surface area (Å²) in [5.41, 5.74) is 0. The summed E-state index contributed by atoms with van der Waals surface area (Å²) >= 11 is 0. The van der Waals surface area contributed by atoms with E-state index in [0.717, 1.165) is 19.5 Å². The molecule has 0 saturated carbocycles. The molecule has 0 radical (unpaired) electrons. The molecule has 102 valence electrons. The van der Waals surface area contributed by atoms with Gasteiger partial charge in [-0.3, -0.25) is 4.79 Å². The van der Waals surface area contributed by atoms with Crippen LogP contribution in [0.3, 0.4) is 0 Å². The van der Waals surface area contributed by atoms with Crippen LogP contribution in [0.5, 0.6) is 0 Å². The summed E-state index contributed by atoms with van der Waals surface area (Å²) in [6.45, 7) is 3.57. The maximum Gasteiger partial charge on any atom is 0.389 e. The van der Waals surface area contributed by atoms with E-state index >= 15 is 0 Å². The average molecular weight is 275 g/mol. The van der Waals surface area contributed by atoms with Gasteiger partial charge in [-0.2, -0.15) is 13.2 Å². The van der Waals surface area contributed by atoms with Gasteiger partial charge in [0.25, 0.3) is 0 Å². The van der Waals surface area contributed by atoms with Gasteiger partial charge in [0.2, 0.25) is 5.91 Å². The van der Waals surface area contributed by atoms with E-state index in [2.05, 4.69) is 10.6 Å². The number of carbonyl (C=O) groups is 1. The molecule has 0 aromatic carbocycles. The Balaban J connectivity index is 0.00000256. The summed E-state index contributed by atoms with van der Waals surface area (Å²) in [5, 5.41) is 5.82. The zero-order valence-corrected chi connectivity index (χ0v) is 10.5. The van der Waals surface area contributed by atoms with E-state index in [4.69, 9.17) is 0 Å². The van der Waals surface area contributed by atoms with Crippen molar-refractivity contribution in [3.63, 3.8) is 0 Å². The number of halogens is 4. The van der Waals surface area contributed by atoms with Gasteiger partial charge in [0.15, 0.2) is 0 Å². The molecule has 0 aromatic heterocycles. The van der Waals surface area contributed by atoms with Crippen molar-refractivity contribution in [3.05, 3.63) is 0 Å². The fraction of sp³-hybridized carbons (Fsp3) is 0.900. The first kappa shape index (κ1) is 16.5. The van der Waals surface area contributed by atoms with Crippen LogP contribution in [0.2, 0.25) is 0 Å². The average Bonchev–Trinajstić information content (AvgIpc) is 2.18. The van der Waals surface area contributed by atoms with Gasteiger partial charge in [-0.1, -0.05) is 6.92 Å². The number of hydrogen-bond donors (Lipinski definition) is 2. The van der Waals surface area contributed by atoms with Crippen molar-refractivity contribution in [1.29, 1.82) is 0 Å². The first-order chi connectivity index (χ1) is 7.38. The van der Waals surface area contributed by atoms with Crippen LogP contribution < -0.4 is 10.6 Å². The highest BCUT2D eigenvalue weighted by molar-refractivity contribution is 5.85. The van der Waals surface area contributed by atoms with E-state index in [0.29, 0.717) is 0 Å². The quantitative estimate of drug-likeness (QED) is 0.825. The van der Waals surface area contributed by atoms with E-state index in [1.807, 2.05) is 6.92 Å². The highest BCUT2D eigenvalue weighted by atomic mass is 35.5. The van der Waals surface area contributed by atoms with Crippen LogP contribution in [0.4, 0.5) is 13.2 Å². The minimum atomic E-state index is -4.25. The van der Waals surface area contributed by atoms with Crippen LogP contribution in [0.25, 0.3) is 0 Å². The summed E-state index contributed by atoms with van der Waals surface area (Å²) in [5.74, 6) is -0.236. The summed E-state index contributed by atoms with van der Waals surface area (Å²) < 4.78 is 35.6. The molecule has 0 spiro atoms. The molecule has 0 aliphatic carbocycles. The molecular weight excluding hydrogens is 257 g/mol. The molecular formula is C10H18ClF3N2O. The topological polar surface area (TPSA) is 41.1 Å². The number of alkyl halides is 3. The predicted octanol–water partition coefficient (Wildman–Crippen LogP) is 1.86.